The van der Waals surface area contributed by atoms with Gasteiger partial charge in [-0.15, -0.1) is 0 Å². The molecule has 1 N–H and O–H groups in total. The van der Waals surface area contributed by atoms with Gasteiger partial charge in [-0.2, -0.15) is 18.3 Å². The number of rotatable bonds is 4. The number of hydrogen-bond acceptors (Lipinski definition) is 3. The summed E-state index contributed by atoms with van der Waals surface area (Å²) >= 11 is 0. The smallest absolute Gasteiger partial charge is 0.340 e. The summed E-state index contributed by atoms with van der Waals surface area (Å²) in [6, 6.07) is 0. The summed E-state index contributed by atoms with van der Waals surface area (Å²) in [6.45, 7) is -0.0404. The molecule has 0 aliphatic heterocycles. The third-order valence-corrected chi connectivity index (χ3v) is 2.33. The van der Waals surface area contributed by atoms with Crippen LogP contribution in [0.2, 0.25) is 0 Å². The molecular formula is C10H15F3N4O. The van der Waals surface area contributed by atoms with Gasteiger partial charge in [-0.25, -0.2) is 0 Å². The average molecular weight is 264 g/mol. The van der Waals surface area contributed by atoms with Gasteiger partial charge in [0.2, 0.25) is 5.91 Å². The van der Waals surface area contributed by atoms with Crippen molar-refractivity contribution in [3.8, 4) is 0 Å². The van der Waals surface area contributed by atoms with E-state index in [0.29, 0.717) is 0 Å². The van der Waals surface area contributed by atoms with Crippen molar-refractivity contribution in [1.82, 2.24) is 20.0 Å². The van der Waals surface area contributed by atoms with Crippen LogP contribution >= 0.6 is 0 Å². The summed E-state index contributed by atoms with van der Waals surface area (Å²) < 4.78 is 39.1. The van der Waals surface area contributed by atoms with Gasteiger partial charge in [0.05, 0.1) is 6.54 Å². The molecule has 0 aliphatic rings. The lowest BCUT2D eigenvalue weighted by Gasteiger charge is -2.17. The fraction of sp³-hybridized carbons (Fsp3) is 0.600. The molecule has 0 aliphatic carbocycles. The van der Waals surface area contributed by atoms with E-state index in [1.165, 1.54) is 25.2 Å². The normalized spacial score (nSPS) is 11.7. The molecule has 1 aromatic heterocycles. The quantitative estimate of drug-likeness (QED) is 0.867. The third kappa shape index (κ3) is 3.46. The van der Waals surface area contributed by atoms with Crippen LogP contribution in [0.1, 0.15) is 11.3 Å². The average Bonchev–Trinajstić information content (AvgIpc) is 2.59. The second-order valence-corrected chi connectivity index (χ2v) is 3.95. The van der Waals surface area contributed by atoms with Crippen molar-refractivity contribution in [1.29, 1.82) is 0 Å². The molecule has 1 aromatic rings. The molecule has 0 saturated heterocycles. The predicted molar refractivity (Wildman–Crippen MR) is 58.6 cm³/mol. The van der Waals surface area contributed by atoms with E-state index >= 15 is 0 Å². The predicted octanol–water partition coefficient (Wildman–Crippen LogP) is 0.617. The molecular weight excluding hydrogens is 249 g/mol. The minimum absolute atomic E-state index is 0.0167. The van der Waals surface area contributed by atoms with Gasteiger partial charge in [0.1, 0.15) is 0 Å². The van der Waals surface area contributed by atoms with Crippen LogP contribution in [-0.4, -0.2) is 41.2 Å². The van der Waals surface area contributed by atoms with Gasteiger partial charge in [-0.05, 0) is 7.05 Å². The number of carbonyl (C=O) groups is 1. The Hall–Kier alpha value is -1.57. The zero-order valence-electron chi connectivity index (χ0n) is 10.4. The molecule has 0 atom stereocenters. The van der Waals surface area contributed by atoms with Crippen LogP contribution in [0.25, 0.3) is 0 Å². The van der Waals surface area contributed by atoms with Crippen LogP contribution in [0.3, 0.4) is 0 Å². The van der Waals surface area contributed by atoms with Gasteiger partial charge >= 0.3 is 6.18 Å². The molecule has 1 heterocycles. The topological polar surface area (TPSA) is 50.2 Å². The van der Waals surface area contributed by atoms with E-state index < -0.39 is 11.9 Å². The molecule has 0 saturated carbocycles. The summed E-state index contributed by atoms with van der Waals surface area (Å²) in [5.74, 6) is -0.283. The molecule has 0 aromatic carbocycles. The Morgan fingerprint density at radius 3 is 2.67 bits per heavy atom. The van der Waals surface area contributed by atoms with Gasteiger partial charge in [0.15, 0.2) is 5.69 Å². The van der Waals surface area contributed by atoms with Gasteiger partial charge in [-0.1, -0.05) is 0 Å². The Kier molecular flexibility index (Phi) is 4.33. The molecule has 1 amide bonds. The third-order valence-electron chi connectivity index (χ3n) is 2.33. The van der Waals surface area contributed by atoms with Gasteiger partial charge in [-0.3, -0.25) is 9.48 Å². The fourth-order valence-electron chi connectivity index (χ4n) is 1.52. The molecule has 5 nitrogen and oxygen atoms in total. The van der Waals surface area contributed by atoms with Gasteiger partial charge < -0.3 is 10.2 Å². The zero-order chi connectivity index (χ0) is 13.9. The van der Waals surface area contributed by atoms with Crippen molar-refractivity contribution in [3.63, 3.8) is 0 Å². The Bertz CT molecular complexity index is 427. The number of hydrogen-bond donors (Lipinski definition) is 1. The van der Waals surface area contributed by atoms with E-state index in [1.807, 2.05) is 0 Å². The summed E-state index contributed by atoms with van der Waals surface area (Å²) in [5, 5.41) is 6.03. The second kappa shape index (κ2) is 5.38. The van der Waals surface area contributed by atoms with E-state index in [0.717, 1.165) is 4.68 Å². The van der Waals surface area contributed by atoms with Crippen LogP contribution in [-0.2, 0) is 24.6 Å². The summed E-state index contributed by atoms with van der Waals surface area (Å²) in [7, 11) is 4.46. The minimum Gasteiger partial charge on any atom is -0.340 e. The molecule has 0 radical (unpaired) electrons. The van der Waals surface area contributed by atoms with Crippen LogP contribution in [0.4, 0.5) is 13.2 Å². The highest BCUT2D eigenvalue weighted by Gasteiger charge is 2.37. The second-order valence-electron chi connectivity index (χ2n) is 3.95. The standard InChI is InChI=1S/C10H15F3N4O/c1-14-4-8(18)16(2)5-7-6-17(3)15-9(7)10(11,12)13/h6,14H,4-5H2,1-3H3. The van der Waals surface area contributed by atoms with E-state index in [-0.39, 0.29) is 24.6 Å². The highest BCUT2D eigenvalue weighted by atomic mass is 19.4. The SMILES string of the molecule is CNCC(=O)N(C)Cc1cn(C)nc1C(F)(F)F. The number of likely N-dealkylation sites (N-methyl/N-ethyl adjacent to an activating group) is 2. The Morgan fingerprint density at radius 1 is 1.56 bits per heavy atom. The number of nitrogens with zero attached hydrogens (tertiary/aromatic N) is 3. The van der Waals surface area contributed by atoms with Crippen molar-refractivity contribution in [3.05, 3.63) is 17.5 Å². The van der Waals surface area contributed by atoms with E-state index in [1.54, 1.807) is 7.05 Å². The first-order valence-corrected chi connectivity index (χ1v) is 5.24. The highest BCUT2D eigenvalue weighted by Crippen LogP contribution is 2.30. The van der Waals surface area contributed by atoms with Crippen LogP contribution in [0.5, 0.6) is 0 Å². The Balaban J connectivity index is 2.88. The molecule has 18 heavy (non-hydrogen) atoms. The van der Waals surface area contributed by atoms with Crippen molar-refractivity contribution in [2.75, 3.05) is 20.6 Å². The molecule has 102 valence electrons. The van der Waals surface area contributed by atoms with Gasteiger partial charge in [0.25, 0.3) is 0 Å². The highest BCUT2D eigenvalue weighted by molar-refractivity contribution is 5.77. The monoisotopic (exact) mass is 264 g/mol. The maximum atomic E-state index is 12.7. The molecule has 0 bridgehead atoms. The summed E-state index contributed by atoms with van der Waals surface area (Å²) in [5.41, 5.74) is -0.967. The number of halogens is 3. The molecule has 8 heteroatoms. The lowest BCUT2D eigenvalue weighted by molar-refractivity contribution is -0.143. The number of nitrogens with one attached hydrogen (secondary N) is 1. The van der Waals surface area contributed by atoms with Crippen LogP contribution in [0, 0.1) is 0 Å². The molecule has 0 unspecified atom stereocenters. The number of alkyl halides is 3. The minimum atomic E-state index is -4.51. The number of carbonyl (C=O) groups excluding carboxylic acids is 1. The lowest BCUT2D eigenvalue weighted by atomic mass is 10.2. The van der Waals surface area contributed by atoms with Crippen LogP contribution in [0.15, 0.2) is 6.20 Å². The van der Waals surface area contributed by atoms with E-state index in [2.05, 4.69) is 10.4 Å². The van der Waals surface area contributed by atoms with Crippen molar-refractivity contribution in [2.24, 2.45) is 7.05 Å². The zero-order valence-corrected chi connectivity index (χ0v) is 10.4. The van der Waals surface area contributed by atoms with Gasteiger partial charge in [0, 0.05) is 32.4 Å². The van der Waals surface area contributed by atoms with Crippen molar-refractivity contribution in [2.45, 2.75) is 12.7 Å². The lowest BCUT2D eigenvalue weighted by Crippen LogP contribution is -2.34. The number of aryl methyl sites for hydroxylation is 1. The Labute approximate surface area is 103 Å². The maximum absolute atomic E-state index is 12.7. The first-order chi connectivity index (χ1) is 8.25. The first kappa shape index (κ1) is 14.5. The molecule has 0 fully saturated rings. The molecule has 1 rings (SSSR count). The number of aromatic nitrogens is 2. The number of amides is 1. The van der Waals surface area contributed by atoms with E-state index in [4.69, 9.17) is 0 Å². The van der Waals surface area contributed by atoms with Crippen molar-refractivity contribution < 1.29 is 18.0 Å². The maximum Gasteiger partial charge on any atom is 0.435 e. The largest absolute Gasteiger partial charge is 0.435 e. The molecule has 0 spiro atoms. The van der Waals surface area contributed by atoms with Crippen molar-refractivity contribution >= 4 is 5.91 Å². The van der Waals surface area contributed by atoms with E-state index in [9.17, 15) is 18.0 Å². The fourth-order valence-corrected chi connectivity index (χ4v) is 1.52. The Morgan fingerprint density at radius 2 is 2.17 bits per heavy atom. The first-order valence-electron chi connectivity index (χ1n) is 5.24. The summed E-state index contributed by atoms with van der Waals surface area (Å²) in [4.78, 5) is 12.7. The van der Waals surface area contributed by atoms with Crippen LogP contribution < -0.4 is 5.32 Å². The summed E-state index contributed by atoms with van der Waals surface area (Å²) in [6.07, 6.45) is -3.24.